The minimum Gasteiger partial charge on any atom is -0.397 e. The zero-order valence-electron chi connectivity index (χ0n) is 10.1. The number of carbonyl (C=O) groups excluding carboxylic acids is 1. The van der Waals surface area contributed by atoms with Gasteiger partial charge in [0, 0.05) is 4.47 Å². The van der Waals surface area contributed by atoms with Crippen LogP contribution in [-0.2, 0) is 0 Å². The Morgan fingerprint density at radius 3 is 2.30 bits per heavy atom. The summed E-state index contributed by atoms with van der Waals surface area (Å²) in [7, 11) is 0. The molecule has 0 saturated heterocycles. The summed E-state index contributed by atoms with van der Waals surface area (Å²) in [6.45, 7) is 0. The fraction of sp³-hybridized carbons (Fsp3) is 0. The number of halogens is 3. The van der Waals surface area contributed by atoms with Crippen molar-refractivity contribution in [2.24, 2.45) is 5.73 Å². The molecule has 7 heteroatoms. The molecule has 5 N–H and O–H groups in total. The minimum absolute atomic E-state index is 0.0479. The van der Waals surface area contributed by atoms with Gasteiger partial charge in [0.15, 0.2) is 11.6 Å². The second-order valence-electron chi connectivity index (χ2n) is 4.00. The number of carbonyl (C=O) groups is 1. The van der Waals surface area contributed by atoms with E-state index >= 15 is 0 Å². The Morgan fingerprint density at radius 1 is 1.15 bits per heavy atom. The van der Waals surface area contributed by atoms with Crippen molar-refractivity contribution in [2.75, 3.05) is 11.1 Å². The molecule has 0 spiro atoms. The van der Waals surface area contributed by atoms with Gasteiger partial charge in [-0.3, -0.25) is 4.79 Å². The third kappa shape index (κ3) is 2.72. The number of nitrogens with one attached hydrogen (secondary N) is 1. The molecular weight excluding hydrogens is 332 g/mol. The molecule has 104 valence electrons. The van der Waals surface area contributed by atoms with Gasteiger partial charge in [-0.1, -0.05) is 22.0 Å². The molecule has 0 aromatic heterocycles. The molecule has 0 aliphatic rings. The van der Waals surface area contributed by atoms with E-state index in [1.54, 1.807) is 0 Å². The van der Waals surface area contributed by atoms with Gasteiger partial charge in [0.1, 0.15) is 5.69 Å². The number of benzene rings is 2. The van der Waals surface area contributed by atoms with Crippen LogP contribution in [0.15, 0.2) is 34.8 Å². The molecule has 0 bridgehead atoms. The van der Waals surface area contributed by atoms with E-state index in [1.807, 2.05) is 0 Å². The summed E-state index contributed by atoms with van der Waals surface area (Å²) in [5.41, 5.74) is 10.8. The van der Waals surface area contributed by atoms with Gasteiger partial charge in [-0.05, 0) is 24.3 Å². The van der Waals surface area contributed by atoms with Gasteiger partial charge in [0.2, 0.25) is 0 Å². The van der Waals surface area contributed by atoms with Gasteiger partial charge < -0.3 is 16.8 Å². The van der Waals surface area contributed by atoms with Gasteiger partial charge in [-0.2, -0.15) is 0 Å². The first kappa shape index (κ1) is 14.3. The van der Waals surface area contributed by atoms with Crippen LogP contribution in [0.5, 0.6) is 0 Å². The number of nitrogens with two attached hydrogens (primary N) is 2. The van der Waals surface area contributed by atoms with Crippen LogP contribution >= 0.6 is 15.9 Å². The lowest BCUT2D eigenvalue weighted by Gasteiger charge is -2.14. The van der Waals surface area contributed by atoms with Crippen LogP contribution < -0.4 is 16.8 Å². The summed E-state index contributed by atoms with van der Waals surface area (Å²) < 4.78 is 27.8. The number of hydrogen-bond donors (Lipinski definition) is 3. The van der Waals surface area contributed by atoms with Gasteiger partial charge in [0.05, 0.1) is 16.9 Å². The number of hydrogen-bond acceptors (Lipinski definition) is 3. The first-order valence-electron chi connectivity index (χ1n) is 5.50. The van der Waals surface area contributed by atoms with Crippen molar-refractivity contribution in [3.8, 4) is 0 Å². The fourth-order valence-corrected chi connectivity index (χ4v) is 2.10. The van der Waals surface area contributed by atoms with Crippen LogP contribution in [0.2, 0.25) is 0 Å². The van der Waals surface area contributed by atoms with Gasteiger partial charge in [-0.15, -0.1) is 0 Å². The number of nitrogen functional groups attached to an aromatic ring is 1. The van der Waals surface area contributed by atoms with Crippen LogP contribution in [0, 0.1) is 11.6 Å². The zero-order valence-corrected chi connectivity index (χ0v) is 11.7. The fourth-order valence-electron chi connectivity index (χ4n) is 1.70. The Hall–Kier alpha value is -2.15. The van der Waals surface area contributed by atoms with Crippen LogP contribution in [0.3, 0.4) is 0 Å². The third-order valence-corrected chi connectivity index (χ3v) is 3.08. The minimum atomic E-state index is -0.824. The first-order valence-corrected chi connectivity index (χ1v) is 6.29. The SMILES string of the molecule is NC(=O)c1cccc(N)c1Nc1c(F)cc(Br)cc1F. The molecule has 4 nitrogen and oxygen atoms in total. The molecular formula is C13H10BrF2N3O. The summed E-state index contributed by atoms with van der Waals surface area (Å²) in [5, 5.41) is 2.49. The number of para-hydroxylation sites is 1. The molecule has 0 saturated carbocycles. The molecule has 20 heavy (non-hydrogen) atoms. The molecule has 0 radical (unpaired) electrons. The van der Waals surface area contributed by atoms with Crippen molar-refractivity contribution in [1.82, 2.24) is 0 Å². The highest BCUT2D eigenvalue weighted by Gasteiger charge is 2.16. The smallest absolute Gasteiger partial charge is 0.250 e. The summed E-state index contributed by atoms with van der Waals surface area (Å²) >= 11 is 2.98. The Bertz CT molecular complexity index is 668. The number of primary amides is 1. The summed E-state index contributed by atoms with van der Waals surface area (Å²) in [6.07, 6.45) is 0. The molecule has 2 rings (SSSR count). The lowest BCUT2D eigenvalue weighted by Crippen LogP contribution is -2.15. The average Bonchev–Trinajstić information content (AvgIpc) is 2.34. The maximum Gasteiger partial charge on any atom is 0.250 e. The van der Waals surface area contributed by atoms with E-state index in [1.165, 1.54) is 18.2 Å². The Balaban J connectivity index is 2.53. The predicted molar refractivity (Wildman–Crippen MR) is 76.7 cm³/mol. The molecule has 0 atom stereocenters. The van der Waals surface area contributed by atoms with Crippen LogP contribution in [0.25, 0.3) is 0 Å². The summed E-state index contributed by atoms with van der Waals surface area (Å²) in [4.78, 5) is 11.3. The van der Waals surface area contributed by atoms with E-state index in [2.05, 4.69) is 21.2 Å². The topological polar surface area (TPSA) is 81.1 Å². The average molecular weight is 342 g/mol. The zero-order chi connectivity index (χ0) is 14.9. The van der Waals surface area contributed by atoms with E-state index in [9.17, 15) is 13.6 Å². The monoisotopic (exact) mass is 341 g/mol. The van der Waals surface area contributed by atoms with E-state index in [0.717, 1.165) is 12.1 Å². The maximum absolute atomic E-state index is 13.8. The second kappa shape index (κ2) is 5.46. The molecule has 0 aliphatic carbocycles. The Kier molecular flexibility index (Phi) is 3.89. The lowest BCUT2D eigenvalue weighted by atomic mass is 10.1. The van der Waals surface area contributed by atoms with Crippen LogP contribution in [0.4, 0.5) is 25.8 Å². The molecule has 2 aromatic carbocycles. The van der Waals surface area contributed by atoms with E-state index in [0.29, 0.717) is 0 Å². The van der Waals surface area contributed by atoms with E-state index in [4.69, 9.17) is 11.5 Å². The lowest BCUT2D eigenvalue weighted by molar-refractivity contribution is 0.100. The maximum atomic E-state index is 13.8. The largest absolute Gasteiger partial charge is 0.397 e. The van der Waals surface area contributed by atoms with Gasteiger partial charge >= 0.3 is 0 Å². The number of amides is 1. The van der Waals surface area contributed by atoms with Gasteiger partial charge in [-0.25, -0.2) is 8.78 Å². The molecule has 0 heterocycles. The molecule has 1 amide bonds. The Morgan fingerprint density at radius 2 is 1.75 bits per heavy atom. The highest BCUT2D eigenvalue weighted by molar-refractivity contribution is 9.10. The highest BCUT2D eigenvalue weighted by atomic mass is 79.9. The molecule has 2 aromatic rings. The van der Waals surface area contributed by atoms with E-state index in [-0.39, 0.29) is 21.4 Å². The van der Waals surface area contributed by atoms with E-state index < -0.39 is 23.2 Å². The standard InChI is InChI=1S/C13H10BrF2N3O/c14-6-4-8(15)12(9(16)5-6)19-11-7(13(18)20)2-1-3-10(11)17/h1-5,19H,17H2,(H2,18,20). The van der Waals surface area contributed by atoms with Crippen LogP contribution in [-0.4, -0.2) is 5.91 Å². The van der Waals surface area contributed by atoms with Crippen molar-refractivity contribution in [3.05, 3.63) is 52.0 Å². The van der Waals surface area contributed by atoms with Crippen molar-refractivity contribution in [3.63, 3.8) is 0 Å². The van der Waals surface area contributed by atoms with Crippen molar-refractivity contribution in [2.45, 2.75) is 0 Å². The van der Waals surface area contributed by atoms with Crippen molar-refractivity contribution in [1.29, 1.82) is 0 Å². The van der Waals surface area contributed by atoms with Crippen molar-refractivity contribution >= 4 is 38.9 Å². The first-order chi connectivity index (χ1) is 9.40. The highest BCUT2D eigenvalue weighted by Crippen LogP contribution is 2.31. The van der Waals surface area contributed by atoms with Crippen LogP contribution in [0.1, 0.15) is 10.4 Å². The normalized spacial score (nSPS) is 10.3. The van der Waals surface area contributed by atoms with Gasteiger partial charge in [0.25, 0.3) is 5.91 Å². The number of anilines is 3. The second-order valence-corrected chi connectivity index (χ2v) is 4.92. The predicted octanol–water partition coefficient (Wildman–Crippen LogP) is 3.15. The molecule has 0 unspecified atom stereocenters. The summed E-state index contributed by atoms with van der Waals surface area (Å²) in [6, 6.07) is 6.61. The molecule has 0 fully saturated rings. The third-order valence-electron chi connectivity index (χ3n) is 2.62. The number of rotatable bonds is 3. The summed E-state index contributed by atoms with van der Waals surface area (Å²) in [5.74, 6) is -2.40. The van der Waals surface area contributed by atoms with Crippen molar-refractivity contribution < 1.29 is 13.6 Å². The Labute approximate surface area is 121 Å². The quantitative estimate of drug-likeness (QED) is 0.750. The molecule has 0 aliphatic heterocycles.